The molecular weight excluding hydrogens is 243 g/mol. The Morgan fingerprint density at radius 2 is 2.18 bits per heavy atom. The molecule has 4 nitrogen and oxygen atoms in total. The van der Waals surface area contributed by atoms with Gasteiger partial charge in [0.05, 0.1) is 11.9 Å². The van der Waals surface area contributed by atoms with E-state index < -0.39 is 0 Å². The van der Waals surface area contributed by atoms with Crippen LogP contribution in [0.5, 0.6) is 0 Å². The van der Waals surface area contributed by atoms with Crippen LogP contribution in [0.2, 0.25) is 5.15 Å². The smallest absolute Gasteiger partial charge is 0.179 e. The van der Waals surface area contributed by atoms with Crippen molar-refractivity contribution in [3.63, 3.8) is 0 Å². The summed E-state index contributed by atoms with van der Waals surface area (Å²) in [5, 5.41) is 12.7. The maximum Gasteiger partial charge on any atom is 0.179 e. The van der Waals surface area contributed by atoms with Crippen LogP contribution >= 0.6 is 11.6 Å². The molecule has 0 saturated carbocycles. The fourth-order valence-corrected chi connectivity index (χ4v) is 1.77. The minimum Gasteiger partial charge on any atom is -0.239 e. The highest BCUT2D eigenvalue weighted by Crippen LogP contribution is 2.20. The van der Waals surface area contributed by atoms with Crippen molar-refractivity contribution in [3.05, 3.63) is 47.6 Å². The van der Waals surface area contributed by atoms with E-state index in [1.165, 1.54) is 12.1 Å². The number of hydrogen-bond donors (Lipinski definition) is 0. The maximum atomic E-state index is 13.1. The summed E-state index contributed by atoms with van der Waals surface area (Å²) in [6.07, 6.45) is 3.29. The summed E-state index contributed by atoms with van der Waals surface area (Å²) in [6, 6.07) is 6.14. The van der Waals surface area contributed by atoms with Gasteiger partial charge in [-0.15, -0.1) is 5.10 Å². The third-order valence-corrected chi connectivity index (χ3v) is 2.61. The molecule has 3 aromatic rings. The standard InChI is InChI=1S/C11H6ClFN4/c12-11-10-7(5-14-15-11)6-17(16-10)9-3-1-2-8(13)4-9/h1-6H. The zero-order valence-electron chi connectivity index (χ0n) is 8.51. The average molecular weight is 249 g/mol. The molecular formula is C11H6ClFN4. The molecule has 6 heteroatoms. The van der Waals surface area contributed by atoms with Crippen molar-refractivity contribution in [2.45, 2.75) is 0 Å². The molecule has 0 aliphatic heterocycles. The quantitative estimate of drug-likeness (QED) is 0.665. The van der Waals surface area contributed by atoms with Gasteiger partial charge in [-0.25, -0.2) is 9.07 Å². The SMILES string of the molecule is Fc1cccc(-n2cc3cnnc(Cl)c3n2)c1. The van der Waals surface area contributed by atoms with Crippen molar-refractivity contribution in [2.24, 2.45) is 0 Å². The molecule has 0 saturated heterocycles. The van der Waals surface area contributed by atoms with Crippen LogP contribution < -0.4 is 0 Å². The van der Waals surface area contributed by atoms with Gasteiger partial charge in [0.15, 0.2) is 5.15 Å². The van der Waals surface area contributed by atoms with E-state index in [1.54, 1.807) is 29.2 Å². The maximum absolute atomic E-state index is 13.1. The molecule has 0 spiro atoms. The van der Waals surface area contributed by atoms with Crippen molar-refractivity contribution in [3.8, 4) is 5.69 Å². The summed E-state index contributed by atoms with van der Waals surface area (Å²) in [5.74, 6) is -0.315. The number of aromatic nitrogens is 4. The molecule has 0 fully saturated rings. The number of hydrogen-bond acceptors (Lipinski definition) is 3. The lowest BCUT2D eigenvalue weighted by Crippen LogP contribution is -1.94. The molecule has 0 atom stereocenters. The van der Waals surface area contributed by atoms with E-state index in [2.05, 4.69) is 15.3 Å². The highest BCUT2D eigenvalue weighted by Gasteiger charge is 2.07. The monoisotopic (exact) mass is 248 g/mol. The first-order valence-corrected chi connectivity index (χ1v) is 5.24. The molecule has 2 heterocycles. The van der Waals surface area contributed by atoms with Gasteiger partial charge in [0.2, 0.25) is 0 Å². The zero-order valence-corrected chi connectivity index (χ0v) is 9.26. The normalized spacial score (nSPS) is 10.9. The van der Waals surface area contributed by atoms with Crippen LogP contribution in [0.4, 0.5) is 4.39 Å². The molecule has 0 amide bonds. The van der Waals surface area contributed by atoms with Gasteiger partial charge < -0.3 is 0 Å². The number of rotatable bonds is 1. The van der Waals surface area contributed by atoms with Crippen molar-refractivity contribution in [1.29, 1.82) is 0 Å². The van der Waals surface area contributed by atoms with Gasteiger partial charge in [-0.05, 0) is 18.2 Å². The minimum absolute atomic E-state index is 0.234. The molecule has 0 aliphatic rings. The van der Waals surface area contributed by atoms with Crippen LogP contribution in [0.1, 0.15) is 0 Å². The average Bonchev–Trinajstić information content (AvgIpc) is 2.74. The van der Waals surface area contributed by atoms with Crippen LogP contribution in [-0.2, 0) is 0 Å². The van der Waals surface area contributed by atoms with Crippen LogP contribution in [0.15, 0.2) is 36.7 Å². The second kappa shape index (κ2) is 3.78. The molecule has 0 aliphatic carbocycles. The number of benzene rings is 1. The number of fused-ring (bicyclic) bond motifs is 1. The largest absolute Gasteiger partial charge is 0.239 e. The Morgan fingerprint density at radius 3 is 2.94 bits per heavy atom. The molecule has 0 unspecified atom stereocenters. The van der Waals surface area contributed by atoms with Crippen LogP contribution in [0.3, 0.4) is 0 Å². The van der Waals surface area contributed by atoms with Crippen LogP contribution in [0.25, 0.3) is 16.6 Å². The third kappa shape index (κ3) is 1.74. The van der Waals surface area contributed by atoms with E-state index in [0.29, 0.717) is 11.2 Å². The van der Waals surface area contributed by atoms with Gasteiger partial charge >= 0.3 is 0 Å². The van der Waals surface area contributed by atoms with Gasteiger partial charge in [0.25, 0.3) is 0 Å². The minimum atomic E-state index is -0.315. The van der Waals surface area contributed by atoms with Gasteiger partial charge in [0.1, 0.15) is 11.3 Å². The summed E-state index contributed by atoms with van der Waals surface area (Å²) in [7, 11) is 0. The van der Waals surface area contributed by atoms with Crippen molar-refractivity contribution >= 4 is 22.5 Å². The zero-order chi connectivity index (χ0) is 11.8. The Balaban J connectivity index is 2.22. The van der Waals surface area contributed by atoms with Crippen molar-refractivity contribution < 1.29 is 4.39 Å². The van der Waals surface area contributed by atoms with E-state index >= 15 is 0 Å². The Labute approximate surface area is 101 Å². The van der Waals surface area contributed by atoms with Crippen molar-refractivity contribution in [2.75, 3.05) is 0 Å². The van der Waals surface area contributed by atoms with Gasteiger partial charge in [-0.2, -0.15) is 10.2 Å². The number of halogens is 2. The Kier molecular flexibility index (Phi) is 2.26. The Bertz CT molecular complexity index is 695. The lowest BCUT2D eigenvalue weighted by Gasteiger charge is -1.99. The summed E-state index contributed by atoms with van der Waals surface area (Å²) in [6.45, 7) is 0. The fourth-order valence-electron chi connectivity index (χ4n) is 1.58. The second-order valence-electron chi connectivity index (χ2n) is 3.49. The predicted molar refractivity (Wildman–Crippen MR) is 61.6 cm³/mol. The lowest BCUT2D eigenvalue weighted by molar-refractivity contribution is 0.625. The highest BCUT2D eigenvalue weighted by atomic mass is 35.5. The Hall–Kier alpha value is -2.01. The fraction of sp³-hybridized carbons (Fsp3) is 0. The van der Waals surface area contributed by atoms with E-state index in [-0.39, 0.29) is 11.0 Å². The van der Waals surface area contributed by atoms with E-state index in [9.17, 15) is 4.39 Å². The second-order valence-corrected chi connectivity index (χ2v) is 3.85. The van der Waals surface area contributed by atoms with Gasteiger partial charge in [-0.1, -0.05) is 17.7 Å². The van der Waals surface area contributed by atoms with Crippen LogP contribution in [-0.4, -0.2) is 20.0 Å². The molecule has 3 rings (SSSR count). The molecule has 2 aromatic heterocycles. The van der Waals surface area contributed by atoms with Gasteiger partial charge in [-0.3, -0.25) is 0 Å². The lowest BCUT2D eigenvalue weighted by atomic mass is 10.3. The van der Waals surface area contributed by atoms with Crippen LogP contribution in [0, 0.1) is 5.82 Å². The molecule has 0 N–H and O–H groups in total. The highest BCUT2D eigenvalue weighted by molar-refractivity contribution is 6.33. The van der Waals surface area contributed by atoms with Crippen molar-refractivity contribution in [1.82, 2.24) is 20.0 Å². The van der Waals surface area contributed by atoms with E-state index in [0.717, 1.165) is 5.39 Å². The molecule has 1 aromatic carbocycles. The summed E-state index contributed by atoms with van der Waals surface area (Å²) < 4.78 is 14.6. The molecule has 0 radical (unpaired) electrons. The Morgan fingerprint density at radius 1 is 1.29 bits per heavy atom. The summed E-state index contributed by atoms with van der Waals surface area (Å²) in [4.78, 5) is 0. The number of nitrogens with zero attached hydrogens (tertiary/aromatic N) is 4. The molecule has 0 bridgehead atoms. The van der Waals surface area contributed by atoms with E-state index in [1.807, 2.05) is 0 Å². The van der Waals surface area contributed by atoms with Gasteiger partial charge in [0, 0.05) is 11.6 Å². The topological polar surface area (TPSA) is 43.6 Å². The third-order valence-electron chi connectivity index (χ3n) is 2.35. The summed E-state index contributed by atoms with van der Waals surface area (Å²) >= 11 is 5.87. The summed E-state index contributed by atoms with van der Waals surface area (Å²) in [5.41, 5.74) is 1.17. The van der Waals surface area contributed by atoms with E-state index in [4.69, 9.17) is 11.6 Å². The first kappa shape index (κ1) is 10.2. The first-order chi connectivity index (χ1) is 8.24. The predicted octanol–water partition coefficient (Wildman–Crippen LogP) is 2.61. The molecule has 17 heavy (non-hydrogen) atoms. The first-order valence-electron chi connectivity index (χ1n) is 4.86. The molecule has 84 valence electrons.